The summed E-state index contributed by atoms with van der Waals surface area (Å²) in [7, 11) is 3.11. The summed E-state index contributed by atoms with van der Waals surface area (Å²) < 4.78 is 16.6. The van der Waals surface area contributed by atoms with Crippen molar-refractivity contribution in [2.45, 2.75) is 0 Å². The average molecular weight is 376 g/mol. The molecule has 0 saturated heterocycles. The van der Waals surface area contributed by atoms with Crippen LogP contribution in [0.5, 0.6) is 23.1 Å². The van der Waals surface area contributed by atoms with Gasteiger partial charge in [-0.05, 0) is 41.1 Å². The zero-order chi connectivity index (χ0) is 19.7. The molecule has 0 amide bonds. The van der Waals surface area contributed by atoms with Crippen LogP contribution < -0.4 is 14.2 Å². The van der Waals surface area contributed by atoms with Crippen molar-refractivity contribution in [3.05, 3.63) is 60.4 Å². The van der Waals surface area contributed by atoms with Crippen LogP contribution in [0.1, 0.15) is 10.4 Å². The summed E-state index contributed by atoms with van der Waals surface area (Å²) in [5.74, 6) is 1.03. The second-order valence-electron chi connectivity index (χ2n) is 6.00. The number of carboxylic acids is 1. The van der Waals surface area contributed by atoms with Crippen LogP contribution in [-0.2, 0) is 0 Å². The van der Waals surface area contributed by atoms with E-state index < -0.39 is 5.97 Å². The van der Waals surface area contributed by atoms with E-state index in [0.29, 0.717) is 39.4 Å². The van der Waals surface area contributed by atoms with Crippen LogP contribution in [0.15, 0.2) is 54.9 Å². The van der Waals surface area contributed by atoms with Crippen molar-refractivity contribution in [2.24, 2.45) is 0 Å². The molecule has 0 aliphatic rings. The first-order valence-electron chi connectivity index (χ1n) is 8.41. The quantitative estimate of drug-likeness (QED) is 0.555. The lowest BCUT2D eigenvalue weighted by atomic mass is 10.0. The Labute approximate surface area is 160 Å². The molecule has 7 heteroatoms. The fraction of sp³-hybridized carbons (Fsp3) is 0.0952. The largest absolute Gasteiger partial charge is 0.493 e. The summed E-state index contributed by atoms with van der Waals surface area (Å²) in [6.07, 6.45) is 1.41. The molecule has 4 rings (SSSR count). The molecule has 1 aromatic heterocycles. The Morgan fingerprint density at radius 2 is 1.71 bits per heavy atom. The van der Waals surface area contributed by atoms with Crippen molar-refractivity contribution < 1.29 is 24.1 Å². The van der Waals surface area contributed by atoms with E-state index in [1.54, 1.807) is 56.7 Å². The molecule has 0 spiro atoms. The molecule has 0 fully saturated rings. The highest BCUT2D eigenvalue weighted by Gasteiger charge is 2.13. The van der Waals surface area contributed by atoms with Gasteiger partial charge in [-0.2, -0.15) is 0 Å². The number of hydrogen-bond donors (Lipinski definition) is 1. The number of nitrogens with zero attached hydrogens (tertiary/aromatic N) is 2. The third-order valence-electron chi connectivity index (χ3n) is 4.40. The molecule has 0 aliphatic carbocycles. The number of aromatic nitrogens is 2. The first kappa shape index (κ1) is 17.5. The monoisotopic (exact) mass is 376 g/mol. The number of methoxy groups -OCH3 is 2. The molecule has 0 saturated carbocycles. The first-order valence-corrected chi connectivity index (χ1v) is 8.41. The normalized spacial score (nSPS) is 10.8. The second-order valence-corrected chi connectivity index (χ2v) is 6.00. The molecule has 4 aromatic rings. The molecule has 0 atom stereocenters. The number of ether oxygens (including phenoxy) is 3. The lowest BCUT2D eigenvalue weighted by Gasteiger charge is -2.12. The summed E-state index contributed by atoms with van der Waals surface area (Å²) >= 11 is 0. The van der Waals surface area contributed by atoms with Crippen LogP contribution in [0, 0.1) is 0 Å². The molecule has 0 bridgehead atoms. The molecule has 0 unspecified atom stereocenters. The number of aromatic carboxylic acids is 1. The third-order valence-corrected chi connectivity index (χ3v) is 4.40. The van der Waals surface area contributed by atoms with Crippen molar-refractivity contribution in [3.8, 4) is 23.1 Å². The van der Waals surface area contributed by atoms with Crippen molar-refractivity contribution in [2.75, 3.05) is 14.2 Å². The number of hydrogen-bond acceptors (Lipinski definition) is 6. The van der Waals surface area contributed by atoms with Gasteiger partial charge < -0.3 is 19.3 Å². The lowest BCUT2D eigenvalue weighted by molar-refractivity contribution is 0.0699. The molecular weight excluding hydrogens is 360 g/mol. The van der Waals surface area contributed by atoms with E-state index in [9.17, 15) is 9.90 Å². The van der Waals surface area contributed by atoms with E-state index in [1.807, 2.05) is 6.07 Å². The van der Waals surface area contributed by atoms with Gasteiger partial charge in [-0.15, -0.1) is 0 Å². The van der Waals surface area contributed by atoms with Crippen molar-refractivity contribution >= 4 is 27.6 Å². The smallest absolute Gasteiger partial charge is 0.336 e. The van der Waals surface area contributed by atoms with Gasteiger partial charge in [0.1, 0.15) is 12.1 Å². The van der Waals surface area contributed by atoms with Gasteiger partial charge in [0.2, 0.25) is 5.88 Å². The number of carbonyl (C=O) groups is 1. The van der Waals surface area contributed by atoms with E-state index in [0.717, 1.165) is 5.39 Å². The van der Waals surface area contributed by atoms with Gasteiger partial charge in [0.25, 0.3) is 0 Å². The number of carboxylic acid groups (broad SMARTS) is 1. The summed E-state index contributed by atoms with van der Waals surface area (Å²) in [6.45, 7) is 0. The maximum Gasteiger partial charge on any atom is 0.336 e. The Bertz CT molecular complexity index is 1210. The minimum absolute atomic E-state index is 0.244. The van der Waals surface area contributed by atoms with Gasteiger partial charge >= 0.3 is 5.97 Å². The van der Waals surface area contributed by atoms with Gasteiger partial charge in [0.15, 0.2) is 11.5 Å². The first-order chi connectivity index (χ1) is 13.6. The molecule has 1 N–H and O–H groups in total. The zero-order valence-electron chi connectivity index (χ0n) is 15.2. The molecule has 7 nitrogen and oxygen atoms in total. The average Bonchev–Trinajstić information content (AvgIpc) is 2.72. The van der Waals surface area contributed by atoms with Crippen LogP contribution in [0.25, 0.3) is 21.7 Å². The van der Waals surface area contributed by atoms with Crippen LogP contribution in [0.3, 0.4) is 0 Å². The highest BCUT2D eigenvalue weighted by molar-refractivity contribution is 6.04. The molecule has 0 aliphatic heterocycles. The summed E-state index contributed by atoms with van der Waals surface area (Å²) in [5, 5.41) is 11.4. The number of rotatable bonds is 5. The topological polar surface area (TPSA) is 90.8 Å². The maximum absolute atomic E-state index is 11.4. The Balaban J connectivity index is 1.78. The van der Waals surface area contributed by atoms with Crippen LogP contribution in [0.4, 0.5) is 0 Å². The van der Waals surface area contributed by atoms with Crippen molar-refractivity contribution in [1.82, 2.24) is 9.97 Å². The van der Waals surface area contributed by atoms with Gasteiger partial charge in [-0.1, -0.05) is 12.1 Å². The number of fused-ring (bicyclic) bond motifs is 2. The summed E-state index contributed by atoms with van der Waals surface area (Å²) in [4.78, 5) is 19.9. The van der Waals surface area contributed by atoms with Gasteiger partial charge in [-0.25, -0.2) is 14.8 Å². The Kier molecular flexibility index (Phi) is 4.41. The standard InChI is InChI=1S/C21H16N2O5/c1-26-18-9-16-17(10-19(18)27-2)22-11-23-20(16)28-13-6-7-14-12(8-13)4-3-5-15(14)21(24)25/h3-11H,1-2H3,(H,24,25). The highest BCUT2D eigenvalue weighted by Crippen LogP contribution is 2.36. The minimum Gasteiger partial charge on any atom is -0.493 e. The highest BCUT2D eigenvalue weighted by atomic mass is 16.5. The third kappa shape index (κ3) is 3.03. The minimum atomic E-state index is -0.970. The zero-order valence-corrected chi connectivity index (χ0v) is 15.2. The van der Waals surface area contributed by atoms with Crippen LogP contribution in [-0.4, -0.2) is 35.3 Å². The SMILES string of the molecule is COc1cc2ncnc(Oc3ccc4c(C(=O)O)cccc4c3)c2cc1OC. The van der Waals surface area contributed by atoms with Crippen molar-refractivity contribution in [1.29, 1.82) is 0 Å². The van der Waals surface area contributed by atoms with Crippen molar-refractivity contribution in [3.63, 3.8) is 0 Å². The van der Waals surface area contributed by atoms with Gasteiger partial charge in [0, 0.05) is 6.07 Å². The Morgan fingerprint density at radius 1 is 0.929 bits per heavy atom. The molecule has 0 radical (unpaired) electrons. The fourth-order valence-corrected chi connectivity index (χ4v) is 3.06. The number of benzene rings is 3. The van der Waals surface area contributed by atoms with E-state index in [-0.39, 0.29) is 5.56 Å². The van der Waals surface area contributed by atoms with E-state index in [2.05, 4.69) is 9.97 Å². The molecule has 28 heavy (non-hydrogen) atoms. The molecule has 140 valence electrons. The molecule has 1 heterocycles. The van der Waals surface area contributed by atoms with Crippen LogP contribution in [0.2, 0.25) is 0 Å². The maximum atomic E-state index is 11.4. The van der Waals surface area contributed by atoms with E-state index >= 15 is 0 Å². The molecular formula is C21H16N2O5. The fourth-order valence-electron chi connectivity index (χ4n) is 3.06. The second kappa shape index (κ2) is 7.03. The summed E-state index contributed by atoms with van der Waals surface area (Å²) in [5.41, 5.74) is 0.893. The van der Waals surface area contributed by atoms with E-state index in [4.69, 9.17) is 14.2 Å². The van der Waals surface area contributed by atoms with E-state index in [1.165, 1.54) is 6.33 Å². The van der Waals surface area contributed by atoms with Crippen LogP contribution >= 0.6 is 0 Å². The van der Waals surface area contributed by atoms with Gasteiger partial charge in [0.05, 0.1) is 30.7 Å². The predicted octanol–water partition coefficient (Wildman–Crippen LogP) is 4.29. The molecule has 3 aromatic carbocycles. The summed E-state index contributed by atoms with van der Waals surface area (Å²) in [6, 6.07) is 13.8. The Morgan fingerprint density at radius 3 is 2.46 bits per heavy atom. The predicted molar refractivity (Wildman–Crippen MR) is 104 cm³/mol. The lowest BCUT2D eigenvalue weighted by Crippen LogP contribution is -1.97. The van der Waals surface area contributed by atoms with Gasteiger partial charge in [-0.3, -0.25) is 0 Å². The Hall–Kier alpha value is -3.87.